The lowest BCUT2D eigenvalue weighted by atomic mass is 9.95. The average Bonchev–Trinajstić information content (AvgIpc) is 2.95. The summed E-state index contributed by atoms with van der Waals surface area (Å²) >= 11 is 0. The first-order valence-corrected chi connectivity index (χ1v) is 7.36. The Labute approximate surface area is 137 Å². The number of hydrogen-bond donors (Lipinski definition) is 2. The van der Waals surface area contributed by atoms with Crippen LogP contribution in [0.2, 0.25) is 0 Å². The van der Waals surface area contributed by atoms with E-state index in [1.807, 2.05) is 6.07 Å². The molecule has 0 unspecified atom stereocenters. The minimum absolute atomic E-state index is 0. The second kappa shape index (κ2) is 8.15. The van der Waals surface area contributed by atoms with Gasteiger partial charge in [-0.3, -0.25) is 9.59 Å². The molecule has 3 N–H and O–H groups in total. The molecule has 1 aromatic carbocycles. The number of nitrogens with two attached hydrogens (primary N) is 1. The second-order valence-electron chi connectivity index (χ2n) is 5.77. The van der Waals surface area contributed by atoms with Crippen LogP contribution in [-0.4, -0.2) is 37.4 Å². The summed E-state index contributed by atoms with van der Waals surface area (Å²) in [6.07, 6.45) is 2.92. The van der Waals surface area contributed by atoms with Gasteiger partial charge in [-0.15, -0.1) is 12.4 Å². The smallest absolute Gasteiger partial charge is 0.255 e. The molecule has 1 aromatic rings. The number of nitrogens with zero attached hydrogens (tertiary/aromatic N) is 1. The van der Waals surface area contributed by atoms with Gasteiger partial charge in [0, 0.05) is 20.0 Å². The Kier molecular flexibility index (Phi) is 6.84. The molecule has 2 atom stereocenters. The molecule has 0 bridgehead atoms. The van der Waals surface area contributed by atoms with E-state index in [0.29, 0.717) is 17.8 Å². The number of carbonyl (C=O) groups is 2. The van der Waals surface area contributed by atoms with Crippen molar-refractivity contribution in [3.8, 4) is 0 Å². The highest BCUT2D eigenvalue weighted by Crippen LogP contribution is 2.32. The third-order valence-corrected chi connectivity index (χ3v) is 4.12. The van der Waals surface area contributed by atoms with Crippen molar-refractivity contribution in [2.24, 2.45) is 17.6 Å². The number of halogens is 1. The summed E-state index contributed by atoms with van der Waals surface area (Å²) in [5.74, 6) is 0.0638. The van der Waals surface area contributed by atoms with Crippen molar-refractivity contribution < 1.29 is 9.59 Å². The molecule has 2 amide bonds. The van der Waals surface area contributed by atoms with E-state index in [4.69, 9.17) is 5.73 Å². The van der Waals surface area contributed by atoms with Gasteiger partial charge in [0.15, 0.2) is 0 Å². The van der Waals surface area contributed by atoms with Gasteiger partial charge in [-0.1, -0.05) is 18.6 Å². The van der Waals surface area contributed by atoms with Crippen LogP contribution in [0.1, 0.15) is 29.6 Å². The standard InChI is InChI=1S/C16H23N3O2.ClH/c1-19(2)16(21)13-7-3-4-9-14(13)18-15(20)12-8-5-6-11(12)10-17;/h3-4,7,9,11-12H,5-6,8,10,17H2,1-2H3,(H,18,20);1H/t11-,12-;/m1./s1. The van der Waals surface area contributed by atoms with E-state index >= 15 is 0 Å². The lowest BCUT2D eigenvalue weighted by Gasteiger charge is -2.19. The molecule has 1 fully saturated rings. The maximum absolute atomic E-state index is 12.4. The minimum atomic E-state index is -0.118. The molecule has 2 rings (SSSR count). The van der Waals surface area contributed by atoms with Gasteiger partial charge in [-0.25, -0.2) is 0 Å². The normalized spacial score (nSPS) is 20.1. The highest BCUT2D eigenvalue weighted by Gasteiger charge is 2.32. The van der Waals surface area contributed by atoms with Crippen molar-refractivity contribution in [1.29, 1.82) is 0 Å². The van der Waals surface area contributed by atoms with Crippen molar-refractivity contribution in [3.05, 3.63) is 29.8 Å². The maximum Gasteiger partial charge on any atom is 0.255 e. The molecule has 122 valence electrons. The SMILES string of the molecule is CN(C)C(=O)c1ccccc1NC(=O)[C@@H]1CCC[C@@H]1CN.Cl. The Hall–Kier alpha value is -1.59. The Balaban J connectivity index is 0.00000242. The van der Waals surface area contributed by atoms with Crippen LogP contribution in [0.5, 0.6) is 0 Å². The van der Waals surface area contributed by atoms with Crippen molar-refractivity contribution in [2.75, 3.05) is 26.0 Å². The Morgan fingerprint density at radius 1 is 1.27 bits per heavy atom. The monoisotopic (exact) mass is 325 g/mol. The van der Waals surface area contributed by atoms with E-state index in [1.165, 1.54) is 4.90 Å². The Morgan fingerprint density at radius 2 is 1.95 bits per heavy atom. The fourth-order valence-corrected chi connectivity index (χ4v) is 2.91. The molecule has 1 saturated carbocycles. The van der Waals surface area contributed by atoms with Gasteiger partial charge in [0.2, 0.25) is 5.91 Å². The molecule has 1 aliphatic rings. The van der Waals surface area contributed by atoms with Gasteiger partial charge in [0.25, 0.3) is 5.91 Å². The third-order valence-electron chi connectivity index (χ3n) is 4.12. The summed E-state index contributed by atoms with van der Waals surface area (Å²) in [6.45, 7) is 0.538. The fourth-order valence-electron chi connectivity index (χ4n) is 2.91. The van der Waals surface area contributed by atoms with Crippen LogP contribution >= 0.6 is 12.4 Å². The van der Waals surface area contributed by atoms with E-state index < -0.39 is 0 Å². The molecule has 0 saturated heterocycles. The van der Waals surface area contributed by atoms with Crippen molar-refractivity contribution in [2.45, 2.75) is 19.3 Å². The molecule has 1 aliphatic carbocycles. The molecule has 0 aliphatic heterocycles. The zero-order chi connectivity index (χ0) is 15.4. The largest absolute Gasteiger partial charge is 0.345 e. The van der Waals surface area contributed by atoms with Crippen molar-refractivity contribution in [3.63, 3.8) is 0 Å². The maximum atomic E-state index is 12.4. The molecule has 0 aromatic heterocycles. The Bertz CT molecular complexity index is 534. The number of nitrogens with one attached hydrogen (secondary N) is 1. The molecular weight excluding hydrogens is 302 g/mol. The van der Waals surface area contributed by atoms with Crippen LogP contribution in [0.3, 0.4) is 0 Å². The predicted molar refractivity (Wildman–Crippen MR) is 90.2 cm³/mol. The summed E-state index contributed by atoms with van der Waals surface area (Å²) in [5.41, 5.74) is 6.82. The summed E-state index contributed by atoms with van der Waals surface area (Å²) < 4.78 is 0. The second-order valence-corrected chi connectivity index (χ2v) is 5.77. The first-order valence-electron chi connectivity index (χ1n) is 7.36. The molecule has 22 heavy (non-hydrogen) atoms. The number of para-hydroxylation sites is 1. The topological polar surface area (TPSA) is 75.4 Å². The minimum Gasteiger partial charge on any atom is -0.345 e. The summed E-state index contributed by atoms with van der Waals surface area (Å²) in [5, 5.41) is 2.91. The van der Waals surface area contributed by atoms with Gasteiger partial charge >= 0.3 is 0 Å². The molecule has 6 heteroatoms. The molecule has 0 radical (unpaired) electrons. The van der Waals surface area contributed by atoms with Crippen LogP contribution in [0.15, 0.2) is 24.3 Å². The van der Waals surface area contributed by atoms with Gasteiger partial charge in [-0.2, -0.15) is 0 Å². The third kappa shape index (κ3) is 3.99. The number of rotatable bonds is 4. The van der Waals surface area contributed by atoms with Crippen molar-refractivity contribution >= 4 is 29.9 Å². The molecule has 0 spiro atoms. The van der Waals surface area contributed by atoms with Crippen LogP contribution < -0.4 is 11.1 Å². The van der Waals surface area contributed by atoms with E-state index in [-0.39, 0.29) is 36.1 Å². The Morgan fingerprint density at radius 3 is 2.59 bits per heavy atom. The van der Waals surface area contributed by atoms with Gasteiger partial charge < -0.3 is 16.0 Å². The van der Waals surface area contributed by atoms with Gasteiger partial charge in [-0.05, 0) is 37.4 Å². The average molecular weight is 326 g/mol. The first kappa shape index (κ1) is 18.5. The zero-order valence-corrected chi connectivity index (χ0v) is 13.9. The van der Waals surface area contributed by atoms with Gasteiger partial charge in [0.05, 0.1) is 11.3 Å². The summed E-state index contributed by atoms with van der Waals surface area (Å²) in [6, 6.07) is 7.11. The summed E-state index contributed by atoms with van der Waals surface area (Å²) in [4.78, 5) is 26.1. The lowest BCUT2D eigenvalue weighted by molar-refractivity contribution is -0.120. The lowest BCUT2D eigenvalue weighted by Crippen LogP contribution is -2.31. The predicted octanol–water partition coefficient (Wildman–Crippen LogP) is 2.12. The number of carbonyl (C=O) groups excluding carboxylic acids is 2. The highest BCUT2D eigenvalue weighted by atomic mass is 35.5. The number of amides is 2. The van der Waals surface area contributed by atoms with E-state index in [9.17, 15) is 9.59 Å². The van der Waals surface area contributed by atoms with E-state index in [2.05, 4.69) is 5.32 Å². The first-order chi connectivity index (χ1) is 10.0. The van der Waals surface area contributed by atoms with E-state index in [0.717, 1.165) is 19.3 Å². The van der Waals surface area contributed by atoms with Crippen LogP contribution in [0.25, 0.3) is 0 Å². The van der Waals surface area contributed by atoms with Crippen LogP contribution in [-0.2, 0) is 4.79 Å². The number of hydrogen-bond acceptors (Lipinski definition) is 3. The van der Waals surface area contributed by atoms with Crippen molar-refractivity contribution in [1.82, 2.24) is 4.90 Å². The zero-order valence-electron chi connectivity index (χ0n) is 13.0. The number of anilines is 1. The quantitative estimate of drug-likeness (QED) is 0.890. The van der Waals surface area contributed by atoms with E-state index in [1.54, 1.807) is 32.3 Å². The highest BCUT2D eigenvalue weighted by molar-refractivity contribution is 6.04. The van der Waals surface area contributed by atoms with Crippen LogP contribution in [0, 0.1) is 11.8 Å². The molecule has 0 heterocycles. The van der Waals surface area contributed by atoms with Gasteiger partial charge in [0.1, 0.15) is 0 Å². The molecular formula is C16H24ClN3O2. The number of benzene rings is 1. The van der Waals surface area contributed by atoms with Crippen LogP contribution in [0.4, 0.5) is 5.69 Å². The molecule has 5 nitrogen and oxygen atoms in total. The fraction of sp³-hybridized carbons (Fsp3) is 0.500. The summed E-state index contributed by atoms with van der Waals surface area (Å²) in [7, 11) is 3.39.